The summed E-state index contributed by atoms with van der Waals surface area (Å²) in [6.45, 7) is 2.00. The molecule has 1 aromatic carbocycles. The zero-order chi connectivity index (χ0) is 18.4. The second-order valence-electron chi connectivity index (χ2n) is 6.71. The number of nitrogens with zero attached hydrogens (tertiary/aromatic N) is 4. The third-order valence-electron chi connectivity index (χ3n) is 5.20. The van der Waals surface area contributed by atoms with Gasteiger partial charge < -0.3 is 9.73 Å². The summed E-state index contributed by atoms with van der Waals surface area (Å²) in [4.78, 5) is 8.52. The van der Waals surface area contributed by atoms with Gasteiger partial charge in [-0.3, -0.25) is 10.1 Å². The molecule has 132 valence electrons. The molecule has 0 amide bonds. The predicted octanol–water partition coefficient (Wildman–Crippen LogP) is 3.89. The summed E-state index contributed by atoms with van der Waals surface area (Å²) >= 11 is 0. The highest BCUT2D eigenvalue weighted by Gasteiger charge is 2.26. The van der Waals surface area contributed by atoms with Crippen molar-refractivity contribution in [1.29, 1.82) is 5.26 Å². The molecular formula is C20H16N6O. The second kappa shape index (κ2) is 5.95. The summed E-state index contributed by atoms with van der Waals surface area (Å²) in [5.74, 6) is 0.630. The van der Waals surface area contributed by atoms with Crippen LogP contribution in [0.1, 0.15) is 34.8 Å². The summed E-state index contributed by atoms with van der Waals surface area (Å²) in [5, 5.41) is 21.1. The maximum Gasteiger partial charge on any atom is 0.181 e. The molecule has 2 N–H and O–H groups in total. The molecule has 0 unspecified atom stereocenters. The number of aromatic nitrogens is 4. The van der Waals surface area contributed by atoms with Gasteiger partial charge in [-0.1, -0.05) is 0 Å². The molecule has 0 saturated carbocycles. The van der Waals surface area contributed by atoms with Gasteiger partial charge >= 0.3 is 0 Å². The van der Waals surface area contributed by atoms with Gasteiger partial charge in [0, 0.05) is 17.3 Å². The number of fused-ring (bicyclic) bond motifs is 2. The average Bonchev–Trinajstić information content (AvgIpc) is 3.41. The van der Waals surface area contributed by atoms with E-state index in [9.17, 15) is 5.26 Å². The first-order valence-corrected chi connectivity index (χ1v) is 8.76. The van der Waals surface area contributed by atoms with E-state index in [2.05, 4.69) is 37.6 Å². The maximum atomic E-state index is 9.21. The fraction of sp³-hybridized carbons (Fsp3) is 0.200. The fourth-order valence-electron chi connectivity index (χ4n) is 3.78. The van der Waals surface area contributed by atoms with Crippen LogP contribution in [0.15, 0.2) is 41.4 Å². The van der Waals surface area contributed by atoms with E-state index in [-0.39, 0.29) is 6.04 Å². The van der Waals surface area contributed by atoms with E-state index >= 15 is 0 Å². The number of oxazole rings is 1. The van der Waals surface area contributed by atoms with E-state index in [1.54, 1.807) is 12.4 Å². The first-order valence-electron chi connectivity index (χ1n) is 8.76. The number of hydrogen-bond donors (Lipinski definition) is 2. The summed E-state index contributed by atoms with van der Waals surface area (Å²) < 4.78 is 5.39. The van der Waals surface area contributed by atoms with Gasteiger partial charge in [-0.15, -0.1) is 0 Å². The van der Waals surface area contributed by atoms with Crippen molar-refractivity contribution in [2.24, 2.45) is 0 Å². The predicted molar refractivity (Wildman–Crippen MR) is 100.0 cm³/mol. The minimum absolute atomic E-state index is 0.129. The molecule has 0 fully saturated rings. The zero-order valence-corrected chi connectivity index (χ0v) is 14.7. The number of nitriles is 1. The van der Waals surface area contributed by atoms with Crippen molar-refractivity contribution < 1.29 is 4.42 Å². The van der Waals surface area contributed by atoms with Gasteiger partial charge in [-0.05, 0) is 49.1 Å². The Morgan fingerprint density at radius 1 is 1.33 bits per heavy atom. The van der Waals surface area contributed by atoms with Gasteiger partial charge in [-0.25, -0.2) is 4.98 Å². The molecule has 7 nitrogen and oxygen atoms in total. The van der Waals surface area contributed by atoms with Crippen molar-refractivity contribution in [1.82, 2.24) is 20.2 Å². The number of aromatic amines is 1. The van der Waals surface area contributed by atoms with Crippen molar-refractivity contribution in [2.45, 2.75) is 25.8 Å². The van der Waals surface area contributed by atoms with Crippen LogP contribution in [0.3, 0.4) is 0 Å². The minimum Gasteiger partial charge on any atom is -0.442 e. The highest BCUT2D eigenvalue weighted by atomic mass is 16.3. The topological polar surface area (TPSA) is 103 Å². The molecule has 5 rings (SSSR count). The van der Waals surface area contributed by atoms with Gasteiger partial charge in [-0.2, -0.15) is 10.4 Å². The van der Waals surface area contributed by atoms with E-state index in [1.165, 1.54) is 12.0 Å². The Hall–Kier alpha value is -3.66. The van der Waals surface area contributed by atoms with E-state index in [4.69, 9.17) is 4.42 Å². The summed E-state index contributed by atoms with van der Waals surface area (Å²) in [6, 6.07) is 8.43. The normalized spacial score (nSPS) is 15.6. The van der Waals surface area contributed by atoms with Gasteiger partial charge in [0.1, 0.15) is 11.8 Å². The molecule has 0 bridgehead atoms. The molecular weight excluding hydrogens is 340 g/mol. The van der Waals surface area contributed by atoms with Crippen molar-refractivity contribution in [3.8, 4) is 17.5 Å². The lowest BCUT2D eigenvalue weighted by molar-refractivity contribution is 0.570. The lowest BCUT2D eigenvalue weighted by atomic mass is 10.0. The van der Waals surface area contributed by atoms with Crippen LogP contribution in [0.5, 0.6) is 0 Å². The number of benzene rings is 1. The number of pyridine rings is 1. The first-order chi connectivity index (χ1) is 13.2. The number of nitrogens with one attached hydrogen (secondary N) is 2. The Bertz CT molecular complexity index is 1190. The van der Waals surface area contributed by atoms with Gasteiger partial charge in [0.25, 0.3) is 0 Å². The minimum atomic E-state index is 0.129. The molecule has 7 heteroatoms. The Kier molecular flexibility index (Phi) is 3.44. The first kappa shape index (κ1) is 15.6. The third-order valence-corrected chi connectivity index (χ3v) is 5.20. The molecule has 0 saturated heterocycles. The Morgan fingerprint density at radius 2 is 2.26 bits per heavy atom. The molecule has 1 aliphatic carbocycles. The molecule has 4 aromatic rings. The zero-order valence-electron chi connectivity index (χ0n) is 14.7. The van der Waals surface area contributed by atoms with E-state index in [1.807, 2.05) is 19.1 Å². The Morgan fingerprint density at radius 3 is 3.07 bits per heavy atom. The van der Waals surface area contributed by atoms with Crippen LogP contribution in [0.4, 0.5) is 5.69 Å². The average molecular weight is 356 g/mol. The highest BCUT2D eigenvalue weighted by Crippen LogP contribution is 2.36. The van der Waals surface area contributed by atoms with Crippen LogP contribution in [0.25, 0.3) is 22.4 Å². The molecule has 0 aliphatic heterocycles. The number of rotatable bonds is 3. The fourth-order valence-corrected chi connectivity index (χ4v) is 3.78. The maximum absolute atomic E-state index is 9.21. The van der Waals surface area contributed by atoms with Gasteiger partial charge in [0.2, 0.25) is 0 Å². The Labute approximate surface area is 155 Å². The smallest absolute Gasteiger partial charge is 0.181 e. The lowest BCUT2D eigenvalue weighted by Gasteiger charge is -2.15. The van der Waals surface area contributed by atoms with Crippen molar-refractivity contribution in [3.05, 3.63) is 59.4 Å². The second-order valence-corrected chi connectivity index (χ2v) is 6.71. The van der Waals surface area contributed by atoms with Gasteiger partial charge in [0.15, 0.2) is 12.2 Å². The van der Waals surface area contributed by atoms with E-state index in [0.717, 1.165) is 46.4 Å². The largest absolute Gasteiger partial charge is 0.442 e. The van der Waals surface area contributed by atoms with Crippen LogP contribution in [-0.2, 0) is 6.42 Å². The molecule has 1 atom stereocenters. The van der Waals surface area contributed by atoms with Crippen molar-refractivity contribution in [2.75, 3.05) is 5.32 Å². The number of hydrogen-bond acceptors (Lipinski definition) is 6. The monoisotopic (exact) mass is 356 g/mol. The third kappa shape index (κ3) is 2.46. The van der Waals surface area contributed by atoms with Crippen LogP contribution < -0.4 is 5.32 Å². The molecule has 0 radical (unpaired) electrons. The molecule has 0 spiro atoms. The van der Waals surface area contributed by atoms with Crippen molar-refractivity contribution >= 4 is 16.6 Å². The summed E-state index contributed by atoms with van der Waals surface area (Å²) in [6.07, 6.45) is 6.61. The van der Waals surface area contributed by atoms with Crippen LogP contribution in [0, 0.1) is 18.3 Å². The van der Waals surface area contributed by atoms with Crippen LogP contribution in [0.2, 0.25) is 0 Å². The SMILES string of the molecule is Cc1c(C#N)cnc2c1CC[C@@H]2Nc1ccc2[nH]nc(-c3cnco3)c2c1. The molecule has 1 aliphatic rings. The molecule has 27 heavy (non-hydrogen) atoms. The molecule has 3 heterocycles. The van der Waals surface area contributed by atoms with E-state index in [0.29, 0.717) is 11.3 Å². The van der Waals surface area contributed by atoms with Crippen molar-refractivity contribution in [3.63, 3.8) is 0 Å². The van der Waals surface area contributed by atoms with Gasteiger partial charge in [0.05, 0.1) is 29.0 Å². The number of H-pyrrole nitrogens is 1. The summed E-state index contributed by atoms with van der Waals surface area (Å²) in [7, 11) is 0. The molecule has 3 aromatic heterocycles. The quantitative estimate of drug-likeness (QED) is 0.577. The standard InChI is InChI=1S/C20H16N6O/c1-11-12(7-21)8-23-19-14(11)3-5-17(19)24-13-2-4-16-15(6-13)20(26-25-16)18-9-22-10-27-18/h2,4,6,8-10,17,24H,3,5H2,1H3,(H,25,26)/t17-/m0/s1. The lowest BCUT2D eigenvalue weighted by Crippen LogP contribution is -2.09. The number of anilines is 1. The Balaban J connectivity index is 1.49. The van der Waals surface area contributed by atoms with E-state index < -0.39 is 0 Å². The van der Waals surface area contributed by atoms with Crippen LogP contribution in [-0.4, -0.2) is 20.2 Å². The summed E-state index contributed by atoms with van der Waals surface area (Å²) in [5.41, 5.74) is 6.60. The highest BCUT2D eigenvalue weighted by molar-refractivity contribution is 5.93. The van der Waals surface area contributed by atoms with Crippen LogP contribution >= 0.6 is 0 Å².